The third-order valence-electron chi connectivity index (χ3n) is 1.58. The van der Waals surface area contributed by atoms with E-state index in [0.717, 1.165) is 0 Å². The Morgan fingerprint density at radius 2 is 2.42 bits per heavy atom. The molecule has 0 aromatic rings. The van der Waals surface area contributed by atoms with Gasteiger partial charge in [-0.2, -0.15) is 0 Å². The lowest BCUT2D eigenvalue weighted by molar-refractivity contribution is -0.172. The van der Waals surface area contributed by atoms with E-state index in [1.54, 1.807) is 7.05 Å². The summed E-state index contributed by atoms with van der Waals surface area (Å²) in [5.74, 6) is 2.24. The van der Waals surface area contributed by atoms with Gasteiger partial charge in [0, 0.05) is 13.5 Å². The highest BCUT2D eigenvalue weighted by molar-refractivity contribution is 7.16. The second-order valence-corrected chi connectivity index (χ2v) is 2.83. The average molecular weight is 187 g/mol. The number of nitrogens with zero attached hydrogens (tertiary/aromatic N) is 1. The molecule has 0 radical (unpaired) electrons. The van der Waals surface area contributed by atoms with Crippen molar-refractivity contribution in [2.24, 2.45) is 5.92 Å². The molecule has 0 spiro atoms. The maximum absolute atomic E-state index is 11.4. The summed E-state index contributed by atoms with van der Waals surface area (Å²) < 4.78 is 0. The van der Waals surface area contributed by atoms with Gasteiger partial charge in [0.2, 0.25) is 5.91 Å². The summed E-state index contributed by atoms with van der Waals surface area (Å²) in [5.41, 5.74) is 0. The summed E-state index contributed by atoms with van der Waals surface area (Å²) in [6.07, 6.45) is 6.23. The number of terminal acetylenes is 1. The van der Waals surface area contributed by atoms with Crippen LogP contribution in [-0.4, -0.2) is 31.3 Å². The Morgan fingerprint density at radius 1 is 1.83 bits per heavy atom. The predicted molar refractivity (Wildman–Crippen MR) is 51.3 cm³/mol. The van der Waals surface area contributed by atoms with Gasteiger partial charge >= 0.3 is 0 Å². The first-order valence-electron chi connectivity index (χ1n) is 3.62. The van der Waals surface area contributed by atoms with Crippen molar-refractivity contribution in [2.75, 3.05) is 20.3 Å². The molecule has 0 aliphatic rings. The van der Waals surface area contributed by atoms with Gasteiger partial charge in [-0.05, 0) is 6.16 Å². The molecule has 0 N–H and O–H groups in total. The maximum Gasteiger partial charge on any atom is 0.250 e. The number of rotatable bonds is 4. The van der Waals surface area contributed by atoms with Crippen LogP contribution in [0, 0.1) is 18.3 Å². The zero-order valence-corrected chi connectivity index (χ0v) is 8.56. The second kappa shape index (κ2) is 5.99. The van der Waals surface area contributed by atoms with Crippen LogP contribution in [0.5, 0.6) is 0 Å². The summed E-state index contributed by atoms with van der Waals surface area (Å²) in [7, 11) is 5.53. The SMILES string of the molecule is C#CCC(CP)C(=O)N(C)OC. The Balaban J connectivity index is 4.13. The van der Waals surface area contributed by atoms with E-state index in [1.165, 1.54) is 12.2 Å². The van der Waals surface area contributed by atoms with Crippen molar-refractivity contribution < 1.29 is 9.63 Å². The third kappa shape index (κ3) is 3.21. The Bertz CT molecular complexity index is 188. The average Bonchev–Trinajstić information content (AvgIpc) is 2.11. The Hall–Kier alpha value is -0.580. The molecule has 0 saturated heterocycles. The quantitative estimate of drug-likeness (QED) is 0.365. The van der Waals surface area contributed by atoms with Gasteiger partial charge in [0.1, 0.15) is 0 Å². The first-order valence-corrected chi connectivity index (χ1v) is 4.44. The van der Waals surface area contributed by atoms with Crippen LogP contribution in [-0.2, 0) is 9.63 Å². The van der Waals surface area contributed by atoms with Gasteiger partial charge in [0.05, 0.1) is 13.0 Å². The van der Waals surface area contributed by atoms with Crippen molar-refractivity contribution in [1.82, 2.24) is 5.06 Å². The third-order valence-corrected chi connectivity index (χ3v) is 2.15. The van der Waals surface area contributed by atoms with Gasteiger partial charge < -0.3 is 0 Å². The van der Waals surface area contributed by atoms with Crippen LogP contribution in [0.25, 0.3) is 0 Å². The first-order chi connectivity index (χ1) is 5.67. The molecule has 0 rings (SSSR count). The highest BCUT2D eigenvalue weighted by Crippen LogP contribution is 2.09. The number of carbonyl (C=O) groups is 1. The van der Waals surface area contributed by atoms with Crippen LogP contribution in [0.3, 0.4) is 0 Å². The van der Waals surface area contributed by atoms with E-state index in [1.807, 2.05) is 0 Å². The zero-order chi connectivity index (χ0) is 9.56. The normalized spacial score (nSPS) is 11.8. The molecule has 2 atom stereocenters. The topological polar surface area (TPSA) is 29.5 Å². The molecule has 0 bridgehead atoms. The van der Waals surface area contributed by atoms with Gasteiger partial charge in [0.25, 0.3) is 0 Å². The van der Waals surface area contributed by atoms with Crippen molar-refractivity contribution in [3.8, 4) is 12.3 Å². The molecule has 2 unspecified atom stereocenters. The van der Waals surface area contributed by atoms with E-state index in [0.29, 0.717) is 12.6 Å². The standard InChI is InChI=1S/C8H14NO2P/c1-4-5-7(6-12)8(10)9(2)11-3/h1,7H,5-6,12H2,2-3H3. The fourth-order valence-electron chi connectivity index (χ4n) is 0.761. The predicted octanol–water partition coefficient (Wildman–Crippen LogP) is 0.521. The lowest BCUT2D eigenvalue weighted by Crippen LogP contribution is -2.32. The highest BCUT2D eigenvalue weighted by atomic mass is 31.0. The molecule has 3 nitrogen and oxygen atoms in total. The zero-order valence-electron chi connectivity index (χ0n) is 7.41. The molecule has 0 fully saturated rings. The fraction of sp³-hybridized carbons (Fsp3) is 0.625. The first kappa shape index (κ1) is 11.4. The van der Waals surface area contributed by atoms with Gasteiger partial charge in [0.15, 0.2) is 0 Å². The molecule has 0 aliphatic carbocycles. The van der Waals surface area contributed by atoms with Crippen molar-refractivity contribution in [2.45, 2.75) is 6.42 Å². The van der Waals surface area contributed by atoms with E-state index >= 15 is 0 Å². The number of amides is 1. The molecule has 0 saturated carbocycles. The fourth-order valence-corrected chi connectivity index (χ4v) is 1.13. The molecule has 0 heterocycles. The van der Waals surface area contributed by atoms with Crippen LogP contribution < -0.4 is 0 Å². The van der Waals surface area contributed by atoms with Gasteiger partial charge in [-0.15, -0.1) is 21.6 Å². The number of carbonyl (C=O) groups excluding carboxylic acids is 1. The maximum atomic E-state index is 11.4. The lowest BCUT2D eigenvalue weighted by Gasteiger charge is -2.18. The molecule has 68 valence electrons. The molecular weight excluding hydrogens is 173 g/mol. The van der Waals surface area contributed by atoms with Crippen LogP contribution >= 0.6 is 9.24 Å². The minimum absolute atomic E-state index is 0.0783. The summed E-state index contributed by atoms with van der Waals surface area (Å²) >= 11 is 0. The molecule has 0 aromatic carbocycles. The summed E-state index contributed by atoms with van der Waals surface area (Å²) in [6, 6.07) is 0. The second-order valence-electron chi connectivity index (χ2n) is 2.36. The molecule has 0 aromatic heterocycles. The molecule has 0 aliphatic heterocycles. The molecule has 1 amide bonds. The number of hydrogen-bond acceptors (Lipinski definition) is 2. The smallest absolute Gasteiger partial charge is 0.250 e. The molecule has 4 heteroatoms. The monoisotopic (exact) mass is 187 g/mol. The van der Waals surface area contributed by atoms with Crippen LogP contribution in [0.4, 0.5) is 0 Å². The minimum Gasteiger partial charge on any atom is -0.275 e. The Morgan fingerprint density at radius 3 is 2.75 bits per heavy atom. The van der Waals surface area contributed by atoms with Gasteiger partial charge in [-0.1, -0.05) is 0 Å². The Labute approximate surface area is 75.6 Å². The van der Waals surface area contributed by atoms with Crippen molar-refractivity contribution in [3.05, 3.63) is 0 Å². The Kier molecular flexibility index (Phi) is 5.70. The van der Waals surface area contributed by atoms with E-state index in [-0.39, 0.29) is 11.8 Å². The molecule has 12 heavy (non-hydrogen) atoms. The van der Waals surface area contributed by atoms with Crippen LogP contribution in [0.1, 0.15) is 6.42 Å². The number of hydroxylamine groups is 2. The lowest BCUT2D eigenvalue weighted by atomic mass is 10.1. The largest absolute Gasteiger partial charge is 0.275 e. The highest BCUT2D eigenvalue weighted by Gasteiger charge is 2.19. The summed E-state index contributed by atoms with van der Waals surface area (Å²) in [4.78, 5) is 16.1. The van der Waals surface area contributed by atoms with Crippen LogP contribution in [0.2, 0.25) is 0 Å². The number of hydrogen-bond donors (Lipinski definition) is 0. The summed E-state index contributed by atoms with van der Waals surface area (Å²) in [5, 5.41) is 1.20. The van der Waals surface area contributed by atoms with Crippen molar-refractivity contribution in [3.63, 3.8) is 0 Å². The minimum atomic E-state index is -0.148. The van der Waals surface area contributed by atoms with Crippen LogP contribution in [0.15, 0.2) is 0 Å². The van der Waals surface area contributed by atoms with E-state index in [2.05, 4.69) is 15.2 Å². The summed E-state index contributed by atoms with van der Waals surface area (Å²) in [6.45, 7) is 0. The van der Waals surface area contributed by atoms with E-state index in [9.17, 15) is 4.79 Å². The van der Waals surface area contributed by atoms with Crippen molar-refractivity contribution >= 4 is 15.1 Å². The molecular formula is C8H14NO2P. The van der Waals surface area contributed by atoms with E-state index in [4.69, 9.17) is 11.3 Å². The van der Waals surface area contributed by atoms with Gasteiger partial charge in [-0.25, -0.2) is 5.06 Å². The van der Waals surface area contributed by atoms with Crippen molar-refractivity contribution in [1.29, 1.82) is 0 Å². The van der Waals surface area contributed by atoms with E-state index < -0.39 is 0 Å². The van der Waals surface area contributed by atoms with Gasteiger partial charge in [-0.3, -0.25) is 9.63 Å².